The Morgan fingerprint density at radius 2 is 1.84 bits per heavy atom. The van der Waals surface area contributed by atoms with Crippen molar-refractivity contribution in [2.45, 2.75) is 19.6 Å². The predicted octanol–water partition coefficient (Wildman–Crippen LogP) is 3.99. The van der Waals surface area contributed by atoms with E-state index in [0.717, 1.165) is 35.2 Å². The molecule has 2 N–H and O–H groups in total. The highest BCUT2D eigenvalue weighted by atomic mass is 19.1. The van der Waals surface area contributed by atoms with E-state index in [1.54, 1.807) is 19.2 Å². The number of aldehydes is 1. The molecule has 0 aliphatic rings. The molecule has 0 bridgehead atoms. The van der Waals surface area contributed by atoms with Crippen LogP contribution in [-0.4, -0.2) is 64.5 Å². The van der Waals surface area contributed by atoms with Crippen LogP contribution in [0.15, 0.2) is 59.1 Å². The predicted molar refractivity (Wildman–Crippen MR) is 130 cm³/mol. The highest BCUT2D eigenvalue weighted by molar-refractivity contribution is 6.13. The van der Waals surface area contributed by atoms with Crippen molar-refractivity contribution in [3.63, 3.8) is 0 Å². The molecule has 0 aromatic heterocycles. The third-order valence-electron chi connectivity index (χ3n) is 5.29. The Morgan fingerprint density at radius 3 is 2.41 bits per heavy atom. The van der Waals surface area contributed by atoms with Crippen LogP contribution in [0, 0.1) is 5.82 Å². The largest absolute Gasteiger partial charge is 0.386 e. The number of likely N-dealkylation sites (N-methyl/N-ethyl adjacent to an activating group) is 1. The Morgan fingerprint density at radius 1 is 1.16 bits per heavy atom. The topological polar surface area (TPSA) is 66.0 Å². The second kappa shape index (κ2) is 12.7. The van der Waals surface area contributed by atoms with Crippen LogP contribution in [0.1, 0.15) is 18.1 Å². The molecule has 0 fully saturated rings. The molecule has 0 spiro atoms. The van der Waals surface area contributed by atoms with E-state index >= 15 is 0 Å². The fraction of sp³-hybridized carbons (Fsp3) is 0.360. The van der Waals surface area contributed by atoms with E-state index in [9.17, 15) is 9.18 Å². The van der Waals surface area contributed by atoms with Crippen LogP contribution in [-0.2, 0) is 16.0 Å². The number of hydrogen-bond acceptors (Lipinski definition) is 6. The summed E-state index contributed by atoms with van der Waals surface area (Å²) in [7, 11) is 7.44. The molecule has 0 aliphatic heterocycles. The van der Waals surface area contributed by atoms with Crippen molar-refractivity contribution in [1.82, 2.24) is 4.90 Å². The van der Waals surface area contributed by atoms with Crippen molar-refractivity contribution in [3.05, 3.63) is 71.1 Å². The summed E-state index contributed by atoms with van der Waals surface area (Å²) in [5.41, 5.74) is 5.56. The third kappa shape index (κ3) is 6.48. The minimum atomic E-state index is -0.477. The van der Waals surface area contributed by atoms with E-state index in [0.29, 0.717) is 12.3 Å². The highest BCUT2D eigenvalue weighted by Gasteiger charge is 2.24. The van der Waals surface area contributed by atoms with Gasteiger partial charge in [0.1, 0.15) is 24.9 Å². The lowest BCUT2D eigenvalue weighted by atomic mass is 9.99. The van der Waals surface area contributed by atoms with Crippen molar-refractivity contribution in [1.29, 1.82) is 0 Å². The van der Waals surface area contributed by atoms with Crippen LogP contribution in [0.5, 0.6) is 0 Å². The smallest absolute Gasteiger partial charge is 0.145 e. The summed E-state index contributed by atoms with van der Waals surface area (Å²) < 4.78 is 19.3. The number of nitrogens with zero attached hydrogens (tertiary/aromatic N) is 2. The van der Waals surface area contributed by atoms with E-state index in [1.807, 2.05) is 34.1 Å². The maximum Gasteiger partial charge on any atom is 0.145 e. The Bertz CT molecular complexity index is 941. The van der Waals surface area contributed by atoms with Gasteiger partial charge >= 0.3 is 0 Å². The first-order chi connectivity index (χ1) is 15.5. The fourth-order valence-corrected chi connectivity index (χ4v) is 3.61. The summed E-state index contributed by atoms with van der Waals surface area (Å²) in [5.74, 6) is -0.303. The van der Waals surface area contributed by atoms with E-state index in [1.165, 1.54) is 17.7 Å². The molecule has 0 amide bonds. The Labute approximate surface area is 190 Å². The van der Waals surface area contributed by atoms with Crippen LogP contribution in [0.2, 0.25) is 0 Å². The lowest BCUT2D eigenvalue weighted by Gasteiger charge is -2.30. The molecule has 32 heavy (non-hydrogen) atoms. The minimum Gasteiger partial charge on any atom is -0.386 e. The SMILES string of the molecule is C/C=C(\C(=N/C)c1ccc(F)cc1)C(OCC=O)N(C)CCc1ccc(NC)c(NC)c1. The monoisotopic (exact) mass is 440 g/mol. The molecule has 0 saturated carbocycles. The van der Waals surface area contributed by atoms with Gasteiger partial charge in [-0.05, 0) is 62.4 Å². The zero-order valence-corrected chi connectivity index (χ0v) is 19.5. The number of allylic oxidation sites excluding steroid dienone is 1. The van der Waals surface area contributed by atoms with Crippen LogP contribution >= 0.6 is 0 Å². The zero-order valence-electron chi connectivity index (χ0n) is 19.5. The quantitative estimate of drug-likeness (QED) is 0.297. The minimum absolute atomic E-state index is 0.0342. The molecule has 2 aromatic carbocycles. The lowest BCUT2D eigenvalue weighted by molar-refractivity contribution is -0.116. The van der Waals surface area contributed by atoms with E-state index < -0.39 is 6.23 Å². The van der Waals surface area contributed by atoms with Gasteiger partial charge in [0, 0.05) is 38.8 Å². The molecule has 0 saturated heterocycles. The average Bonchev–Trinajstić information content (AvgIpc) is 2.82. The number of halogens is 1. The number of carbonyl (C=O) groups is 1. The number of ether oxygens (including phenoxy) is 1. The summed E-state index contributed by atoms with van der Waals surface area (Å²) >= 11 is 0. The first kappa shape index (κ1) is 25.2. The van der Waals surface area contributed by atoms with Gasteiger partial charge < -0.3 is 20.2 Å². The first-order valence-corrected chi connectivity index (χ1v) is 10.6. The summed E-state index contributed by atoms with van der Waals surface area (Å²) in [6.07, 6.45) is 2.99. The molecule has 172 valence electrons. The second-order valence-corrected chi connectivity index (χ2v) is 7.29. The number of nitrogens with one attached hydrogen (secondary N) is 2. The van der Waals surface area contributed by atoms with Gasteiger partial charge in [0.2, 0.25) is 0 Å². The molecular weight excluding hydrogens is 407 g/mol. The maximum absolute atomic E-state index is 13.4. The molecule has 2 rings (SSSR count). The summed E-state index contributed by atoms with van der Waals surface area (Å²) in [6.45, 7) is 2.57. The van der Waals surface area contributed by atoms with Gasteiger partial charge in [0.25, 0.3) is 0 Å². The van der Waals surface area contributed by atoms with Crippen molar-refractivity contribution < 1.29 is 13.9 Å². The normalized spacial score (nSPS) is 13.2. The summed E-state index contributed by atoms with van der Waals surface area (Å²) in [4.78, 5) is 17.6. The van der Waals surface area contributed by atoms with E-state index in [-0.39, 0.29) is 12.4 Å². The number of anilines is 2. The summed E-state index contributed by atoms with van der Waals surface area (Å²) in [5, 5.41) is 6.38. The average molecular weight is 441 g/mol. The molecule has 7 heteroatoms. The summed E-state index contributed by atoms with van der Waals surface area (Å²) in [6, 6.07) is 12.5. The van der Waals surface area contributed by atoms with Gasteiger partial charge in [-0.3, -0.25) is 9.89 Å². The molecule has 0 radical (unpaired) electrons. The van der Waals surface area contributed by atoms with Crippen molar-refractivity contribution in [3.8, 4) is 0 Å². The van der Waals surface area contributed by atoms with Crippen molar-refractivity contribution >= 4 is 23.4 Å². The number of aliphatic imine (C=N–C) groups is 1. The van der Waals surface area contributed by atoms with Gasteiger partial charge in [0.05, 0.1) is 17.1 Å². The highest BCUT2D eigenvalue weighted by Crippen LogP contribution is 2.23. The second-order valence-electron chi connectivity index (χ2n) is 7.29. The van der Waals surface area contributed by atoms with E-state index in [2.05, 4.69) is 38.7 Å². The van der Waals surface area contributed by atoms with Crippen molar-refractivity contribution in [2.24, 2.45) is 4.99 Å². The number of benzene rings is 2. The van der Waals surface area contributed by atoms with E-state index in [4.69, 9.17) is 4.74 Å². The molecular formula is C25H33FN4O2. The van der Waals surface area contributed by atoms with Gasteiger partial charge in [-0.2, -0.15) is 0 Å². The van der Waals surface area contributed by atoms with Crippen LogP contribution in [0.4, 0.5) is 15.8 Å². The molecule has 6 nitrogen and oxygen atoms in total. The fourth-order valence-electron chi connectivity index (χ4n) is 3.61. The van der Waals surface area contributed by atoms with Crippen LogP contribution < -0.4 is 10.6 Å². The number of hydrogen-bond donors (Lipinski definition) is 2. The molecule has 2 aromatic rings. The number of carbonyl (C=O) groups excluding carboxylic acids is 1. The molecule has 1 atom stereocenters. The zero-order chi connectivity index (χ0) is 23.5. The van der Waals surface area contributed by atoms with Gasteiger partial charge in [-0.15, -0.1) is 0 Å². The Balaban J connectivity index is 2.24. The lowest BCUT2D eigenvalue weighted by Crippen LogP contribution is -2.40. The maximum atomic E-state index is 13.4. The van der Waals surface area contributed by atoms with Crippen LogP contribution in [0.3, 0.4) is 0 Å². The van der Waals surface area contributed by atoms with Gasteiger partial charge in [0.15, 0.2) is 0 Å². The molecule has 0 aliphatic carbocycles. The van der Waals surface area contributed by atoms with Gasteiger partial charge in [-0.1, -0.05) is 12.1 Å². The van der Waals surface area contributed by atoms with Crippen LogP contribution in [0.25, 0.3) is 0 Å². The number of rotatable bonds is 12. The Kier molecular flexibility index (Phi) is 10.0. The third-order valence-corrected chi connectivity index (χ3v) is 5.29. The Hall–Kier alpha value is -3.03. The van der Waals surface area contributed by atoms with Gasteiger partial charge in [-0.25, -0.2) is 4.39 Å². The standard InChI is InChI=1S/C25H33FN4O2/c1-6-21(24(29-4)19-8-10-20(26)11-9-19)25(32-16-15-31)30(5)14-13-18-7-12-22(27-2)23(17-18)28-3/h6-12,15,17,25,27-28H,13-14,16H2,1-5H3/b21-6+,29-24-. The molecule has 1 unspecified atom stereocenters. The first-order valence-electron chi connectivity index (χ1n) is 10.6. The van der Waals surface area contributed by atoms with Crippen molar-refractivity contribution in [2.75, 3.05) is 52.0 Å². The molecule has 0 heterocycles.